The van der Waals surface area contributed by atoms with E-state index in [1.807, 2.05) is 0 Å². The third-order valence-electron chi connectivity index (χ3n) is 1.09. The molecule has 11 heavy (non-hydrogen) atoms. The monoisotopic (exact) mass is 151 g/mol. The highest BCUT2D eigenvalue weighted by Gasteiger charge is 2.01. The number of hydrogen-bond donors (Lipinski definition) is 1. The number of rotatable bonds is 1. The first-order valence-electron chi connectivity index (χ1n) is 3.02. The standard InChI is InChI=1S/C8H7O3/c1-6(9)11-8-5-3-2-4-7(8)10/h2-5,10H,1H2. The zero-order valence-corrected chi connectivity index (χ0v) is 5.78. The van der Waals surface area contributed by atoms with E-state index in [9.17, 15) is 4.79 Å². The average molecular weight is 151 g/mol. The summed E-state index contributed by atoms with van der Waals surface area (Å²) in [7, 11) is 0. The number of para-hydroxylation sites is 2. The molecule has 0 atom stereocenters. The Morgan fingerprint density at radius 2 is 2.09 bits per heavy atom. The maximum atomic E-state index is 10.3. The van der Waals surface area contributed by atoms with E-state index < -0.39 is 5.97 Å². The summed E-state index contributed by atoms with van der Waals surface area (Å²) in [4.78, 5) is 10.3. The molecule has 0 aliphatic rings. The predicted molar refractivity (Wildman–Crippen MR) is 39.1 cm³/mol. The molecule has 0 unspecified atom stereocenters. The van der Waals surface area contributed by atoms with Crippen LogP contribution in [0.4, 0.5) is 0 Å². The molecule has 1 aromatic rings. The Morgan fingerprint density at radius 1 is 1.45 bits per heavy atom. The van der Waals surface area contributed by atoms with Gasteiger partial charge in [-0.15, -0.1) is 0 Å². The van der Waals surface area contributed by atoms with Gasteiger partial charge >= 0.3 is 5.97 Å². The third-order valence-corrected chi connectivity index (χ3v) is 1.09. The van der Waals surface area contributed by atoms with Crippen molar-refractivity contribution < 1.29 is 14.6 Å². The molecule has 0 heterocycles. The minimum Gasteiger partial charge on any atom is -0.504 e. The molecule has 3 nitrogen and oxygen atoms in total. The van der Waals surface area contributed by atoms with Crippen molar-refractivity contribution in [1.29, 1.82) is 0 Å². The van der Waals surface area contributed by atoms with Gasteiger partial charge in [-0.1, -0.05) is 12.1 Å². The Bertz CT molecular complexity index is 268. The number of phenols is 1. The largest absolute Gasteiger partial charge is 0.504 e. The highest BCUT2D eigenvalue weighted by Crippen LogP contribution is 2.23. The van der Waals surface area contributed by atoms with E-state index in [2.05, 4.69) is 11.7 Å². The molecule has 0 saturated carbocycles. The topological polar surface area (TPSA) is 46.5 Å². The molecule has 0 bridgehead atoms. The van der Waals surface area contributed by atoms with Crippen molar-refractivity contribution >= 4 is 5.97 Å². The molecule has 3 heteroatoms. The summed E-state index contributed by atoms with van der Waals surface area (Å²) < 4.78 is 4.54. The highest BCUT2D eigenvalue weighted by atomic mass is 16.5. The smallest absolute Gasteiger partial charge is 0.311 e. The lowest BCUT2D eigenvalue weighted by Gasteiger charge is -2.01. The van der Waals surface area contributed by atoms with Gasteiger partial charge in [0.05, 0.1) is 6.92 Å². The number of hydrogen-bond acceptors (Lipinski definition) is 3. The van der Waals surface area contributed by atoms with E-state index in [1.165, 1.54) is 12.1 Å². The molecule has 1 radical (unpaired) electrons. The highest BCUT2D eigenvalue weighted by molar-refractivity contribution is 5.77. The van der Waals surface area contributed by atoms with Gasteiger partial charge in [0.15, 0.2) is 11.5 Å². The molecule has 0 aliphatic carbocycles. The molecular formula is C8H7O3. The van der Waals surface area contributed by atoms with Crippen LogP contribution in [0.5, 0.6) is 11.5 Å². The van der Waals surface area contributed by atoms with Gasteiger partial charge in [-0.2, -0.15) is 0 Å². The number of carbonyl (C=O) groups excluding carboxylic acids is 1. The third kappa shape index (κ3) is 1.97. The number of ether oxygens (including phenoxy) is 1. The quantitative estimate of drug-likeness (QED) is 0.483. The Morgan fingerprint density at radius 3 is 2.64 bits per heavy atom. The van der Waals surface area contributed by atoms with Crippen molar-refractivity contribution in [2.45, 2.75) is 0 Å². The number of benzene rings is 1. The van der Waals surface area contributed by atoms with Crippen LogP contribution < -0.4 is 4.74 Å². The second-order valence-corrected chi connectivity index (χ2v) is 1.94. The predicted octanol–water partition coefficient (Wildman–Crippen LogP) is 1.13. The van der Waals surface area contributed by atoms with Crippen LogP contribution in [0, 0.1) is 6.92 Å². The van der Waals surface area contributed by atoms with Crippen LogP contribution in [0.3, 0.4) is 0 Å². The minimum atomic E-state index is -0.688. The summed E-state index contributed by atoms with van der Waals surface area (Å²) in [6.07, 6.45) is 0. The molecule has 0 aliphatic heterocycles. The fraction of sp³-hybridized carbons (Fsp3) is 0. The van der Waals surface area contributed by atoms with Gasteiger partial charge < -0.3 is 9.84 Å². The van der Waals surface area contributed by atoms with Gasteiger partial charge in [0.25, 0.3) is 0 Å². The van der Waals surface area contributed by atoms with E-state index in [4.69, 9.17) is 5.11 Å². The number of phenolic OH excluding ortho intramolecular Hbond substituents is 1. The first-order chi connectivity index (χ1) is 5.20. The molecule has 0 fully saturated rings. The van der Waals surface area contributed by atoms with Gasteiger partial charge in [0, 0.05) is 0 Å². The zero-order chi connectivity index (χ0) is 8.27. The van der Waals surface area contributed by atoms with Crippen LogP contribution >= 0.6 is 0 Å². The normalized spacial score (nSPS) is 9.18. The van der Waals surface area contributed by atoms with E-state index in [1.54, 1.807) is 12.1 Å². The SMILES string of the molecule is [CH2]C(=O)Oc1ccccc1O. The van der Waals surface area contributed by atoms with E-state index >= 15 is 0 Å². The first-order valence-corrected chi connectivity index (χ1v) is 3.02. The van der Waals surface area contributed by atoms with Crippen molar-refractivity contribution in [3.63, 3.8) is 0 Å². The maximum Gasteiger partial charge on any atom is 0.311 e. The zero-order valence-electron chi connectivity index (χ0n) is 5.78. The minimum absolute atomic E-state index is 0.0653. The summed E-state index contributed by atoms with van der Waals surface area (Å²) in [5.74, 6) is -0.622. The summed E-state index contributed by atoms with van der Waals surface area (Å²) in [6.45, 7) is 3.00. The fourth-order valence-electron chi connectivity index (χ4n) is 0.666. The Labute approximate surface area is 64.2 Å². The second kappa shape index (κ2) is 3.05. The second-order valence-electron chi connectivity index (χ2n) is 1.94. The molecular weight excluding hydrogens is 144 g/mol. The van der Waals surface area contributed by atoms with Crippen LogP contribution in [0.15, 0.2) is 24.3 Å². The summed E-state index contributed by atoms with van der Waals surface area (Å²) in [5, 5.41) is 9.05. The van der Waals surface area contributed by atoms with Gasteiger partial charge in [0.1, 0.15) is 0 Å². The first kappa shape index (κ1) is 7.60. The lowest BCUT2D eigenvalue weighted by molar-refractivity contribution is -0.129. The number of esters is 1. The van der Waals surface area contributed by atoms with Crippen molar-refractivity contribution in [2.24, 2.45) is 0 Å². The van der Waals surface area contributed by atoms with Crippen molar-refractivity contribution in [3.05, 3.63) is 31.2 Å². The van der Waals surface area contributed by atoms with Crippen LogP contribution in [0.2, 0.25) is 0 Å². The van der Waals surface area contributed by atoms with Crippen LogP contribution in [0.25, 0.3) is 0 Å². The average Bonchev–Trinajstić information content (AvgIpc) is 1.93. The Balaban J connectivity index is 2.86. The van der Waals surface area contributed by atoms with Crippen molar-refractivity contribution in [2.75, 3.05) is 0 Å². The molecule has 0 saturated heterocycles. The summed E-state index contributed by atoms with van der Waals surface area (Å²) in [6, 6.07) is 6.20. The molecule has 1 rings (SSSR count). The van der Waals surface area contributed by atoms with Crippen LogP contribution in [-0.4, -0.2) is 11.1 Å². The van der Waals surface area contributed by atoms with Crippen LogP contribution in [-0.2, 0) is 4.79 Å². The van der Waals surface area contributed by atoms with Crippen molar-refractivity contribution in [3.8, 4) is 11.5 Å². The van der Waals surface area contributed by atoms with E-state index in [0.717, 1.165) is 0 Å². The maximum absolute atomic E-state index is 10.3. The fourth-order valence-corrected chi connectivity index (χ4v) is 0.666. The molecule has 0 spiro atoms. The lowest BCUT2D eigenvalue weighted by atomic mass is 10.3. The molecule has 1 N–H and O–H groups in total. The lowest BCUT2D eigenvalue weighted by Crippen LogP contribution is -2.01. The van der Waals surface area contributed by atoms with Gasteiger partial charge in [-0.3, -0.25) is 4.79 Å². The van der Waals surface area contributed by atoms with Crippen LogP contribution in [0.1, 0.15) is 0 Å². The van der Waals surface area contributed by atoms with Crippen molar-refractivity contribution in [1.82, 2.24) is 0 Å². The van der Waals surface area contributed by atoms with E-state index in [0.29, 0.717) is 0 Å². The Kier molecular flexibility index (Phi) is 2.11. The van der Waals surface area contributed by atoms with Gasteiger partial charge in [0.2, 0.25) is 0 Å². The molecule has 0 aromatic heterocycles. The van der Waals surface area contributed by atoms with Gasteiger partial charge in [-0.25, -0.2) is 0 Å². The summed E-state index contributed by atoms with van der Waals surface area (Å²) >= 11 is 0. The van der Waals surface area contributed by atoms with E-state index in [-0.39, 0.29) is 11.5 Å². The molecule has 1 aromatic carbocycles. The Hall–Kier alpha value is -1.51. The summed E-state index contributed by atoms with van der Waals surface area (Å²) in [5.41, 5.74) is 0. The molecule has 57 valence electrons. The van der Waals surface area contributed by atoms with Gasteiger partial charge in [-0.05, 0) is 12.1 Å². The number of aromatic hydroxyl groups is 1. The number of carbonyl (C=O) groups is 1. The molecule has 0 amide bonds.